The molecule has 1 amide bonds. The Morgan fingerprint density at radius 1 is 1.56 bits per heavy atom. The molecule has 0 radical (unpaired) electrons. The van der Waals surface area contributed by atoms with E-state index >= 15 is 0 Å². The molecule has 1 heterocycles. The summed E-state index contributed by atoms with van der Waals surface area (Å²) in [5, 5.41) is 9.98. The van der Waals surface area contributed by atoms with Gasteiger partial charge in [-0.2, -0.15) is 0 Å². The van der Waals surface area contributed by atoms with Gasteiger partial charge >= 0.3 is 0 Å². The monoisotopic (exact) mass is 239 g/mol. The Morgan fingerprint density at radius 3 is 2.88 bits per heavy atom. The van der Waals surface area contributed by atoms with Crippen LogP contribution < -0.4 is 0 Å². The summed E-state index contributed by atoms with van der Waals surface area (Å²) in [5.41, 5.74) is 1.55. The molecule has 3 nitrogen and oxygen atoms in total. The molecule has 1 aliphatic heterocycles. The van der Waals surface area contributed by atoms with E-state index in [1.807, 2.05) is 13.0 Å². The number of amides is 1. The number of aliphatic hydroxyl groups excluding tert-OH is 1. The van der Waals surface area contributed by atoms with E-state index in [1.54, 1.807) is 17.0 Å². The number of nitrogens with zero attached hydrogens (tertiary/aromatic N) is 1. The topological polar surface area (TPSA) is 40.5 Å². The molecular weight excluding hydrogens is 226 g/mol. The maximum Gasteiger partial charge on any atom is 0.253 e. The summed E-state index contributed by atoms with van der Waals surface area (Å²) < 4.78 is 0. The van der Waals surface area contributed by atoms with Crippen LogP contribution in [-0.2, 0) is 0 Å². The minimum atomic E-state index is -0.384. The van der Waals surface area contributed by atoms with E-state index in [9.17, 15) is 9.90 Å². The van der Waals surface area contributed by atoms with Crippen LogP contribution >= 0.6 is 11.6 Å². The molecule has 1 unspecified atom stereocenters. The molecule has 1 saturated heterocycles. The van der Waals surface area contributed by atoms with Crippen molar-refractivity contribution in [3.05, 3.63) is 34.3 Å². The third kappa shape index (κ3) is 2.20. The molecule has 0 spiro atoms. The number of benzene rings is 1. The second-order valence-electron chi connectivity index (χ2n) is 4.16. The number of halogens is 1. The second-order valence-corrected chi connectivity index (χ2v) is 4.56. The minimum Gasteiger partial charge on any atom is -0.391 e. The van der Waals surface area contributed by atoms with Crippen molar-refractivity contribution >= 4 is 17.5 Å². The Kier molecular flexibility index (Phi) is 3.17. The van der Waals surface area contributed by atoms with Crippen LogP contribution in [0.25, 0.3) is 0 Å². The van der Waals surface area contributed by atoms with Gasteiger partial charge in [0.05, 0.1) is 6.10 Å². The number of rotatable bonds is 1. The van der Waals surface area contributed by atoms with Crippen LogP contribution in [0.4, 0.5) is 0 Å². The van der Waals surface area contributed by atoms with Gasteiger partial charge in [0, 0.05) is 23.7 Å². The van der Waals surface area contributed by atoms with Crippen molar-refractivity contribution in [2.24, 2.45) is 0 Å². The summed E-state index contributed by atoms with van der Waals surface area (Å²) in [5.74, 6) is -0.0570. The van der Waals surface area contributed by atoms with Crippen LogP contribution in [0.2, 0.25) is 5.02 Å². The van der Waals surface area contributed by atoms with Crippen molar-refractivity contribution in [1.82, 2.24) is 4.90 Å². The molecule has 1 N–H and O–H groups in total. The summed E-state index contributed by atoms with van der Waals surface area (Å²) in [7, 11) is 0. The van der Waals surface area contributed by atoms with Gasteiger partial charge in [0.25, 0.3) is 5.91 Å². The van der Waals surface area contributed by atoms with Crippen molar-refractivity contribution in [3.63, 3.8) is 0 Å². The van der Waals surface area contributed by atoms with E-state index in [4.69, 9.17) is 11.6 Å². The van der Waals surface area contributed by atoms with E-state index in [2.05, 4.69) is 0 Å². The molecule has 0 bridgehead atoms. The zero-order valence-electron chi connectivity index (χ0n) is 9.11. The molecular formula is C12H14ClNO2. The van der Waals surface area contributed by atoms with Gasteiger partial charge in [-0.25, -0.2) is 0 Å². The van der Waals surface area contributed by atoms with E-state index in [0.29, 0.717) is 30.1 Å². The lowest BCUT2D eigenvalue weighted by molar-refractivity contribution is 0.0765. The smallest absolute Gasteiger partial charge is 0.253 e. The van der Waals surface area contributed by atoms with Crippen LogP contribution in [0.3, 0.4) is 0 Å². The lowest BCUT2D eigenvalue weighted by Crippen LogP contribution is -2.29. The summed E-state index contributed by atoms with van der Waals surface area (Å²) in [6, 6.07) is 5.29. The quantitative estimate of drug-likeness (QED) is 0.813. The Hall–Kier alpha value is -1.06. The zero-order valence-corrected chi connectivity index (χ0v) is 9.87. The van der Waals surface area contributed by atoms with Crippen LogP contribution in [0.5, 0.6) is 0 Å². The van der Waals surface area contributed by atoms with E-state index in [0.717, 1.165) is 5.56 Å². The summed E-state index contributed by atoms with van der Waals surface area (Å²) in [6.07, 6.45) is 0.274. The average Bonchev–Trinajstić information content (AvgIpc) is 2.68. The first-order valence-electron chi connectivity index (χ1n) is 5.31. The third-order valence-electron chi connectivity index (χ3n) is 2.87. The van der Waals surface area contributed by atoms with Gasteiger partial charge in [-0.05, 0) is 31.0 Å². The number of likely N-dealkylation sites (tertiary alicyclic amines) is 1. The maximum atomic E-state index is 12.0. The molecule has 1 fully saturated rings. The first kappa shape index (κ1) is 11.4. The number of β-amino-alcohol motifs (C(OH)–C–C–N with tert-alkyl or cyclic N) is 1. The highest BCUT2D eigenvalue weighted by atomic mass is 35.5. The van der Waals surface area contributed by atoms with E-state index in [1.165, 1.54) is 0 Å². The van der Waals surface area contributed by atoms with Crippen LogP contribution in [0, 0.1) is 6.92 Å². The number of carbonyl (C=O) groups is 1. The second kappa shape index (κ2) is 4.44. The highest BCUT2D eigenvalue weighted by Gasteiger charge is 2.25. The van der Waals surface area contributed by atoms with Gasteiger partial charge in [0.1, 0.15) is 0 Å². The first-order valence-corrected chi connectivity index (χ1v) is 5.69. The van der Waals surface area contributed by atoms with E-state index < -0.39 is 0 Å². The number of hydrogen-bond donors (Lipinski definition) is 1. The molecule has 1 aromatic carbocycles. The average molecular weight is 240 g/mol. The lowest BCUT2D eigenvalue weighted by atomic mass is 10.1. The van der Waals surface area contributed by atoms with Crippen molar-refractivity contribution in [3.8, 4) is 0 Å². The molecule has 0 saturated carbocycles. The van der Waals surface area contributed by atoms with Gasteiger partial charge in [-0.15, -0.1) is 0 Å². The molecule has 0 aliphatic carbocycles. The Balaban J connectivity index is 2.18. The third-order valence-corrected chi connectivity index (χ3v) is 3.28. The van der Waals surface area contributed by atoms with Crippen molar-refractivity contribution in [1.29, 1.82) is 0 Å². The fraction of sp³-hybridized carbons (Fsp3) is 0.417. The summed E-state index contributed by atoms with van der Waals surface area (Å²) >= 11 is 5.97. The minimum absolute atomic E-state index is 0.0570. The van der Waals surface area contributed by atoms with Crippen molar-refractivity contribution < 1.29 is 9.90 Å². The molecule has 86 valence electrons. The van der Waals surface area contributed by atoms with E-state index in [-0.39, 0.29) is 12.0 Å². The predicted octanol–water partition coefficient (Wildman–Crippen LogP) is 1.86. The van der Waals surface area contributed by atoms with Gasteiger partial charge in [-0.3, -0.25) is 4.79 Å². The van der Waals surface area contributed by atoms with Crippen LogP contribution in [0.1, 0.15) is 22.3 Å². The van der Waals surface area contributed by atoms with Crippen LogP contribution in [-0.4, -0.2) is 35.1 Å². The highest BCUT2D eigenvalue weighted by Crippen LogP contribution is 2.19. The highest BCUT2D eigenvalue weighted by molar-refractivity contribution is 6.31. The summed E-state index contributed by atoms with van der Waals surface area (Å²) in [6.45, 7) is 2.94. The fourth-order valence-corrected chi connectivity index (χ4v) is 2.02. The SMILES string of the molecule is Cc1ccc(C(=O)N2CCC(O)C2)cc1Cl. The Morgan fingerprint density at radius 2 is 2.31 bits per heavy atom. The lowest BCUT2D eigenvalue weighted by Gasteiger charge is -2.15. The van der Waals surface area contributed by atoms with Gasteiger partial charge < -0.3 is 10.0 Å². The van der Waals surface area contributed by atoms with Gasteiger partial charge in [0.2, 0.25) is 0 Å². The molecule has 4 heteroatoms. The van der Waals surface area contributed by atoms with Crippen molar-refractivity contribution in [2.75, 3.05) is 13.1 Å². The normalized spacial score (nSPS) is 20.2. The molecule has 1 atom stereocenters. The zero-order chi connectivity index (χ0) is 11.7. The molecule has 0 aromatic heterocycles. The number of aliphatic hydroxyl groups is 1. The standard InChI is InChI=1S/C12H14ClNO2/c1-8-2-3-9(6-11(8)13)12(16)14-5-4-10(15)7-14/h2-3,6,10,15H,4-5,7H2,1H3. The molecule has 1 aliphatic rings. The Labute approximate surface area is 99.6 Å². The fourth-order valence-electron chi connectivity index (χ4n) is 1.83. The predicted molar refractivity (Wildman–Crippen MR) is 62.7 cm³/mol. The molecule has 16 heavy (non-hydrogen) atoms. The first-order chi connectivity index (χ1) is 7.58. The largest absolute Gasteiger partial charge is 0.391 e. The van der Waals surface area contributed by atoms with Crippen LogP contribution in [0.15, 0.2) is 18.2 Å². The van der Waals surface area contributed by atoms with Gasteiger partial charge in [-0.1, -0.05) is 17.7 Å². The number of carbonyl (C=O) groups excluding carboxylic acids is 1. The Bertz CT molecular complexity index is 419. The molecule has 1 aromatic rings. The maximum absolute atomic E-state index is 12.0. The summed E-state index contributed by atoms with van der Waals surface area (Å²) in [4.78, 5) is 13.7. The molecule has 2 rings (SSSR count). The van der Waals surface area contributed by atoms with Crippen molar-refractivity contribution in [2.45, 2.75) is 19.4 Å². The number of hydrogen-bond acceptors (Lipinski definition) is 2. The number of aryl methyl sites for hydroxylation is 1. The van der Waals surface area contributed by atoms with Gasteiger partial charge in [0.15, 0.2) is 0 Å².